The van der Waals surface area contributed by atoms with Gasteiger partial charge in [0.05, 0.1) is 24.3 Å². The van der Waals surface area contributed by atoms with Crippen LogP contribution in [0.5, 0.6) is 5.75 Å². The van der Waals surface area contributed by atoms with Crippen LogP contribution >= 0.6 is 11.3 Å². The summed E-state index contributed by atoms with van der Waals surface area (Å²) < 4.78 is 5.17. The summed E-state index contributed by atoms with van der Waals surface area (Å²) in [6.07, 6.45) is 2.41. The van der Waals surface area contributed by atoms with E-state index in [4.69, 9.17) is 9.72 Å². The van der Waals surface area contributed by atoms with Crippen LogP contribution in [0, 0.1) is 0 Å². The Hall–Kier alpha value is -1.59. The second-order valence-corrected chi connectivity index (χ2v) is 6.50. The number of nitrogens with zero attached hydrogens (tertiary/aromatic N) is 2. The maximum absolute atomic E-state index is 9.48. The van der Waals surface area contributed by atoms with Gasteiger partial charge in [-0.25, -0.2) is 4.98 Å². The molecule has 0 saturated heterocycles. The number of aliphatic hydroxyl groups excluding tert-OH is 1. The summed E-state index contributed by atoms with van der Waals surface area (Å²) in [4.78, 5) is 7.89. The number of hydrogen-bond donors (Lipinski definition) is 1. The molecular formula is C16H20N2O2S. The van der Waals surface area contributed by atoms with Crippen molar-refractivity contribution in [2.24, 2.45) is 0 Å². The van der Waals surface area contributed by atoms with Crippen molar-refractivity contribution in [3.05, 3.63) is 40.4 Å². The summed E-state index contributed by atoms with van der Waals surface area (Å²) in [6.45, 7) is 0.895. The highest BCUT2D eigenvalue weighted by atomic mass is 32.1. The number of hydrogen-bond acceptors (Lipinski definition) is 5. The fourth-order valence-corrected chi connectivity index (χ4v) is 3.34. The number of anilines is 1. The summed E-state index contributed by atoms with van der Waals surface area (Å²) in [5.41, 5.74) is 2.33. The molecule has 0 aliphatic heterocycles. The highest BCUT2D eigenvalue weighted by molar-refractivity contribution is 7.15. The number of thiazole rings is 1. The molecule has 0 unspecified atom stereocenters. The lowest BCUT2D eigenvalue weighted by atomic mass is 10.2. The molecule has 0 radical (unpaired) electrons. The van der Waals surface area contributed by atoms with Gasteiger partial charge in [0.1, 0.15) is 5.75 Å². The van der Waals surface area contributed by atoms with Crippen molar-refractivity contribution in [3.63, 3.8) is 0 Å². The third kappa shape index (κ3) is 3.19. The minimum Gasteiger partial charge on any atom is -0.497 e. The first-order valence-electron chi connectivity index (χ1n) is 7.15. The van der Waals surface area contributed by atoms with Gasteiger partial charge in [0, 0.05) is 19.5 Å². The summed E-state index contributed by atoms with van der Waals surface area (Å²) >= 11 is 1.60. The smallest absolute Gasteiger partial charge is 0.185 e. The van der Waals surface area contributed by atoms with Gasteiger partial charge in [-0.15, -0.1) is 0 Å². The predicted molar refractivity (Wildman–Crippen MR) is 85.1 cm³/mol. The van der Waals surface area contributed by atoms with Crippen molar-refractivity contribution in [1.29, 1.82) is 0 Å². The average molecular weight is 304 g/mol. The van der Waals surface area contributed by atoms with Gasteiger partial charge in [0.15, 0.2) is 5.13 Å². The second kappa shape index (κ2) is 6.03. The van der Waals surface area contributed by atoms with E-state index < -0.39 is 0 Å². The van der Waals surface area contributed by atoms with E-state index in [1.807, 2.05) is 19.2 Å². The molecule has 1 fully saturated rings. The van der Waals surface area contributed by atoms with Gasteiger partial charge in [-0.2, -0.15) is 0 Å². The third-order valence-corrected chi connectivity index (χ3v) is 4.90. The first-order chi connectivity index (χ1) is 10.2. The molecule has 1 aliphatic carbocycles. The van der Waals surface area contributed by atoms with E-state index >= 15 is 0 Å². The Morgan fingerprint density at radius 3 is 2.62 bits per heavy atom. The quantitative estimate of drug-likeness (QED) is 0.890. The average Bonchev–Trinajstić information content (AvgIpc) is 3.26. The topological polar surface area (TPSA) is 45.6 Å². The molecule has 1 aromatic heterocycles. The predicted octanol–water partition coefficient (Wildman–Crippen LogP) is 3.16. The molecule has 0 atom stereocenters. The zero-order valence-corrected chi connectivity index (χ0v) is 13.2. The van der Waals surface area contributed by atoms with Crippen molar-refractivity contribution in [2.45, 2.75) is 31.9 Å². The molecule has 3 rings (SSSR count). The van der Waals surface area contributed by atoms with Gasteiger partial charge in [-0.1, -0.05) is 23.5 Å². The Balaban J connectivity index is 1.73. The molecule has 0 spiro atoms. The lowest BCUT2D eigenvalue weighted by Crippen LogP contribution is -2.16. The van der Waals surface area contributed by atoms with E-state index in [9.17, 15) is 5.11 Å². The zero-order valence-electron chi connectivity index (χ0n) is 12.4. The van der Waals surface area contributed by atoms with Gasteiger partial charge in [-0.3, -0.25) is 0 Å². The molecule has 1 heterocycles. The number of aliphatic hydroxyl groups is 1. The fraction of sp³-hybridized carbons (Fsp3) is 0.438. The van der Waals surface area contributed by atoms with E-state index in [0.717, 1.165) is 28.0 Å². The lowest BCUT2D eigenvalue weighted by molar-refractivity contribution is 0.284. The van der Waals surface area contributed by atoms with Crippen LogP contribution in [0.2, 0.25) is 0 Å². The van der Waals surface area contributed by atoms with Gasteiger partial charge in [0.2, 0.25) is 0 Å². The van der Waals surface area contributed by atoms with E-state index in [2.05, 4.69) is 17.0 Å². The molecule has 5 heteroatoms. The number of benzene rings is 1. The molecule has 1 aromatic carbocycles. The van der Waals surface area contributed by atoms with Gasteiger partial charge in [-0.05, 0) is 30.5 Å². The van der Waals surface area contributed by atoms with Crippen LogP contribution in [0.15, 0.2) is 24.3 Å². The van der Waals surface area contributed by atoms with Crippen LogP contribution in [-0.2, 0) is 13.2 Å². The Morgan fingerprint density at radius 1 is 1.33 bits per heavy atom. The van der Waals surface area contributed by atoms with E-state index in [1.54, 1.807) is 18.4 Å². The highest BCUT2D eigenvalue weighted by Gasteiger charge is 2.29. The van der Waals surface area contributed by atoms with Crippen molar-refractivity contribution in [1.82, 2.24) is 4.98 Å². The van der Waals surface area contributed by atoms with Crippen molar-refractivity contribution in [3.8, 4) is 5.75 Å². The molecule has 0 bridgehead atoms. The SMILES string of the molecule is COc1ccc(CN(C)c2nc(C3CC3)c(CO)s2)cc1. The summed E-state index contributed by atoms with van der Waals surface area (Å²) in [5.74, 6) is 1.45. The van der Waals surface area contributed by atoms with Crippen LogP contribution in [0.4, 0.5) is 5.13 Å². The maximum atomic E-state index is 9.48. The number of aromatic nitrogens is 1. The first kappa shape index (κ1) is 14.4. The Morgan fingerprint density at radius 2 is 2.05 bits per heavy atom. The molecule has 1 saturated carbocycles. The second-order valence-electron chi connectivity index (χ2n) is 5.44. The summed E-state index contributed by atoms with van der Waals surface area (Å²) in [6, 6.07) is 8.08. The maximum Gasteiger partial charge on any atom is 0.185 e. The molecule has 1 aliphatic rings. The third-order valence-electron chi connectivity index (χ3n) is 3.73. The molecule has 2 aromatic rings. The Bertz CT molecular complexity index is 605. The summed E-state index contributed by atoms with van der Waals surface area (Å²) in [5, 5.41) is 10.5. The van der Waals surface area contributed by atoms with Crippen LogP contribution in [0.3, 0.4) is 0 Å². The van der Waals surface area contributed by atoms with Crippen LogP contribution < -0.4 is 9.64 Å². The standard InChI is InChI=1S/C16H20N2O2S/c1-18(9-11-3-7-13(20-2)8-4-11)16-17-15(12-5-6-12)14(10-19)21-16/h3-4,7-8,12,19H,5-6,9-10H2,1-2H3. The minimum absolute atomic E-state index is 0.0971. The van der Waals surface area contributed by atoms with E-state index in [0.29, 0.717) is 5.92 Å². The monoisotopic (exact) mass is 304 g/mol. The molecule has 1 N–H and O–H groups in total. The number of rotatable bonds is 6. The number of methoxy groups -OCH3 is 1. The lowest BCUT2D eigenvalue weighted by Gasteiger charge is -2.15. The zero-order chi connectivity index (χ0) is 14.8. The number of ether oxygens (including phenoxy) is 1. The fourth-order valence-electron chi connectivity index (χ4n) is 2.38. The molecule has 112 valence electrons. The first-order valence-corrected chi connectivity index (χ1v) is 7.97. The Labute approximate surface area is 129 Å². The van der Waals surface area contributed by atoms with Crippen LogP contribution in [0.25, 0.3) is 0 Å². The van der Waals surface area contributed by atoms with Crippen molar-refractivity contribution >= 4 is 16.5 Å². The van der Waals surface area contributed by atoms with Crippen LogP contribution in [-0.4, -0.2) is 24.2 Å². The van der Waals surface area contributed by atoms with Gasteiger partial charge < -0.3 is 14.7 Å². The van der Waals surface area contributed by atoms with E-state index in [1.165, 1.54) is 18.4 Å². The van der Waals surface area contributed by atoms with Crippen LogP contribution in [0.1, 0.15) is 34.9 Å². The van der Waals surface area contributed by atoms with Gasteiger partial charge >= 0.3 is 0 Å². The summed E-state index contributed by atoms with van der Waals surface area (Å²) in [7, 11) is 3.72. The Kier molecular flexibility index (Phi) is 4.12. The van der Waals surface area contributed by atoms with Crippen molar-refractivity contribution in [2.75, 3.05) is 19.1 Å². The van der Waals surface area contributed by atoms with Crippen molar-refractivity contribution < 1.29 is 9.84 Å². The highest BCUT2D eigenvalue weighted by Crippen LogP contribution is 2.44. The molecule has 21 heavy (non-hydrogen) atoms. The molecular weight excluding hydrogens is 284 g/mol. The van der Waals surface area contributed by atoms with E-state index in [-0.39, 0.29) is 6.61 Å². The normalized spacial score (nSPS) is 14.2. The molecule has 4 nitrogen and oxygen atoms in total. The van der Waals surface area contributed by atoms with Gasteiger partial charge in [0.25, 0.3) is 0 Å². The largest absolute Gasteiger partial charge is 0.497 e. The molecule has 0 amide bonds. The minimum atomic E-state index is 0.0971.